The first kappa shape index (κ1) is 48.9. The molecule has 0 amide bonds. The molecule has 0 atom stereocenters. The Morgan fingerprint density at radius 1 is 0.200 bits per heavy atom. The van der Waals surface area contributed by atoms with Gasteiger partial charge in [0.2, 0.25) is 11.9 Å². The van der Waals surface area contributed by atoms with E-state index in [4.69, 9.17) is 28.2 Å². The molecule has 20 aromatic rings. The zero-order valence-electron chi connectivity index (χ0n) is 48.0. The van der Waals surface area contributed by atoms with Gasteiger partial charge in [-0.1, -0.05) is 146 Å². The van der Waals surface area contributed by atoms with Gasteiger partial charge in [-0.2, -0.15) is 15.0 Å². The zero-order chi connectivity index (χ0) is 58.7. The average Bonchev–Trinajstić information content (AvgIpc) is 1.68. The van der Waals surface area contributed by atoms with Gasteiger partial charge in [0.1, 0.15) is 33.5 Å². The normalized spacial score (nSPS) is 12.2. The van der Waals surface area contributed by atoms with Crippen molar-refractivity contribution >= 4 is 131 Å². The van der Waals surface area contributed by atoms with Crippen LogP contribution in [0.3, 0.4) is 0 Å². The Hall–Kier alpha value is -12.3. The molecule has 7 heterocycles. The molecule has 9 heteroatoms. The summed E-state index contributed by atoms with van der Waals surface area (Å²) in [6, 6.07) is 98.8. The van der Waals surface area contributed by atoms with Crippen LogP contribution in [0, 0.1) is 0 Å². The van der Waals surface area contributed by atoms with E-state index in [0.717, 1.165) is 165 Å². The molecule has 9 nitrogen and oxygen atoms in total. The number of hydrogen-bond donors (Lipinski definition) is 0. The number of nitrogens with zero attached hydrogens (tertiary/aromatic N) is 6. The highest BCUT2D eigenvalue weighted by Gasteiger charge is 2.23. The second-order valence-electron chi connectivity index (χ2n) is 23.5. The fourth-order valence-electron chi connectivity index (χ4n) is 14.3. The van der Waals surface area contributed by atoms with Crippen molar-refractivity contribution < 1.29 is 13.3 Å². The molecule has 0 N–H and O–H groups in total. The molecule has 0 bridgehead atoms. The Morgan fingerprint density at radius 3 is 0.889 bits per heavy atom. The van der Waals surface area contributed by atoms with E-state index in [9.17, 15) is 0 Å². The quantitative estimate of drug-likeness (QED) is 0.158. The molecule has 0 saturated heterocycles. The van der Waals surface area contributed by atoms with Crippen LogP contribution in [0.5, 0.6) is 0 Å². The molecule has 0 aliphatic carbocycles. The lowest BCUT2D eigenvalue weighted by molar-refractivity contribution is 0.668. The SMILES string of the molecule is c1ccc2c(c1)oc1cc(-c3ccc4c(c3)c3ccccc3n4-c3ccc(-c4nc(-n5c6ccccc6c6cc(-c7ccc8c(c7)oc7ccccc78)ccc65)nc(-n5c6ccccc6c6cc(-c7ccc8c(c7)oc7ccccc78)ccc65)n4)cc3)ccc12. The molecule has 0 radical (unpaired) electrons. The Morgan fingerprint density at radius 2 is 0.489 bits per heavy atom. The molecule has 20 rings (SSSR count). The smallest absolute Gasteiger partial charge is 0.240 e. The van der Waals surface area contributed by atoms with Crippen molar-refractivity contribution in [1.82, 2.24) is 28.7 Å². The van der Waals surface area contributed by atoms with Crippen molar-refractivity contribution in [3.8, 4) is 62.4 Å². The second-order valence-corrected chi connectivity index (χ2v) is 23.5. The van der Waals surface area contributed by atoms with E-state index in [1.165, 1.54) is 10.8 Å². The summed E-state index contributed by atoms with van der Waals surface area (Å²) in [5.41, 5.74) is 19.8. The second kappa shape index (κ2) is 18.6. The van der Waals surface area contributed by atoms with E-state index in [1.54, 1.807) is 0 Å². The zero-order valence-corrected chi connectivity index (χ0v) is 48.0. The van der Waals surface area contributed by atoms with Crippen LogP contribution in [0.4, 0.5) is 0 Å². The van der Waals surface area contributed by atoms with Gasteiger partial charge in [0.25, 0.3) is 0 Å². The van der Waals surface area contributed by atoms with Gasteiger partial charge in [-0.3, -0.25) is 9.13 Å². The van der Waals surface area contributed by atoms with Crippen molar-refractivity contribution in [3.63, 3.8) is 0 Å². The number of furan rings is 3. The van der Waals surface area contributed by atoms with E-state index in [1.807, 2.05) is 36.4 Å². The highest BCUT2D eigenvalue weighted by Crippen LogP contribution is 2.42. The molecule has 13 aromatic carbocycles. The van der Waals surface area contributed by atoms with E-state index >= 15 is 0 Å². The average molecular weight is 1150 g/mol. The van der Waals surface area contributed by atoms with Crippen LogP contribution >= 0.6 is 0 Å². The van der Waals surface area contributed by atoms with Crippen LogP contribution < -0.4 is 0 Å². The molecule has 7 aromatic heterocycles. The van der Waals surface area contributed by atoms with Crippen LogP contribution in [0.1, 0.15) is 0 Å². The summed E-state index contributed by atoms with van der Waals surface area (Å²) in [7, 11) is 0. The number of hydrogen-bond acceptors (Lipinski definition) is 6. The van der Waals surface area contributed by atoms with Crippen LogP contribution in [-0.4, -0.2) is 28.7 Å². The topological polar surface area (TPSA) is 92.9 Å². The van der Waals surface area contributed by atoms with Crippen molar-refractivity contribution in [2.24, 2.45) is 0 Å². The molecule has 0 spiro atoms. The Balaban J connectivity index is 0.750. The van der Waals surface area contributed by atoms with E-state index < -0.39 is 0 Å². The molecular weight excluding hydrogens is 1100 g/mol. The maximum Gasteiger partial charge on any atom is 0.240 e. The molecule has 0 aliphatic heterocycles. The van der Waals surface area contributed by atoms with Gasteiger partial charge in [0, 0.05) is 75.9 Å². The lowest BCUT2D eigenvalue weighted by Crippen LogP contribution is -2.10. The number of aromatic nitrogens is 6. The van der Waals surface area contributed by atoms with Gasteiger partial charge < -0.3 is 17.8 Å². The van der Waals surface area contributed by atoms with Crippen molar-refractivity contribution in [2.75, 3.05) is 0 Å². The van der Waals surface area contributed by atoms with E-state index in [-0.39, 0.29) is 0 Å². The third-order valence-electron chi connectivity index (χ3n) is 18.5. The van der Waals surface area contributed by atoms with Crippen molar-refractivity contribution in [3.05, 3.63) is 279 Å². The first-order valence-corrected chi connectivity index (χ1v) is 30.3. The summed E-state index contributed by atoms with van der Waals surface area (Å²) in [5.74, 6) is 1.54. The molecule has 0 unspecified atom stereocenters. The van der Waals surface area contributed by atoms with E-state index in [0.29, 0.717) is 17.7 Å². The number of benzene rings is 13. The number of rotatable bonds is 7. The minimum absolute atomic E-state index is 0.501. The van der Waals surface area contributed by atoms with Crippen LogP contribution in [-0.2, 0) is 0 Å². The fourth-order valence-corrected chi connectivity index (χ4v) is 14.3. The summed E-state index contributed by atoms with van der Waals surface area (Å²) in [5, 5.41) is 13.3. The van der Waals surface area contributed by atoms with Gasteiger partial charge in [0.15, 0.2) is 5.82 Å². The molecule has 0 saturated carbocycles. The van der Waals surface area contributed by atoms with Crippen molar-refractivity contribution in [2.45, 2.75) is 0 Å². The maximum absolute atomic E-state index is 6.39. The monoisotopic (exact) mass is 1150 g/mol. The standard InChI is InChI=1S/C81H46N6O3/c1-7-19-67-55(13-1)64-41-48(51-27-35-61-58-16-4-10-22-73(58)88-76(61)44-51)30-38-70(64)85(67)54-33-25-47(26-34-54)79-82-80(86-68-20-8-2-14-56(68)65-42-49(31-39-71(65)86)52-28-36-62-59-17-5-11-23-74(59)89-77(62)45-52)84-81(83-79)87-69-21-9-3-15-57(69)66-43-50(32-40-72(66)87)53-29-37-63-60-18-6-12-24-75(60)90-78(63)46-53/h1-46H. The van der Waals surface area contributed by atoms with Gasteiger partial charge in [0.05, 0.1) is 33.1 Å². The number of para-hydroxylation sites is 6. The predicted octanol–water partition coefficient (Wildman–Crippen LogP) is 21.5. The first-order valence-electron chi connectivity index (χ1n) is 30.3. The van der Waals surface area contributed by atoms with Gasteiger partial charge in [-0.15, -0.1) is 0 Å². The maximum atomic E-state index is 6.39. The molecular formula is C81H46N6O3. The minimum Gasteiger partial charge on any atom is -0.456 e. The summed E-state index contributed by atoms with van der Waals surface area (Å²) >= 11 is 0. The summed E-state index contributed by atoms with van der Waals surface area (Å²) < 4.78 is 25.9. The summed E-state index contributed by atoms with van der Waals surface area (Å²) in [4.78, 5) is 16.6. The minimum atomic E-state index is 0.501. The van der Waals surface area contributed by atoms with Crippen molar-refractivity contribution in [1.29, 1.82) is 0 Å². The molecule has 0 fully saturated rings. The predicted molar refractivity (Wildman–Crippen MR) is 366 cm³/mol. The largest absolute Gasteiger partial charge is 0.456 e. The number of fused-ring (bicyclic) bond motifs is 18. The third kappa shape index (κ3) is 7.22. The van der Waals surface area contributed by atoms with E-state index in [2.05, 4.69) is 256 Å². The van der Waals surface area contributed by atoms with Gasteiger partial charge in [-0.05, 0) is 167 Å². The Labute approximate surface area is 511 Å². The lowest BCUT2D eigenvalue weighted by atomic mass is 10.0. The molecule has 418 valence electrons. The van der Waals surface area contributed by atoms with Crippen LogP contribution in [0.25, 0.3) is 194 Å². The van der Waals surface area contributed by atoms with Gasteiger partial charge >= 0.3 is 0 Å². The first-order chi connectivity index (χ1) is 44.6. The summed E-state index contributed by atoms with van der Waals surface area (Å²) in [6.45, 7) is 0. The van der Waals surface area contributed by atoms with Crippen LogP contribution in [0.2, 0.25) is 0 Å². The highest BCUT2D eigenvalue weighted by atomic mass is 16.3. The fraction of sp³-hybridized carbons (Fsp3) is 0. The van der Waals surface area contributed by atoms with Gasteiger partial charge in [-0.25, -0.2) is 0 Å². The Bertz CT molecular complexity index is 6180. The highest BCUT2D eigenvalue weighted by molar-refractivity contribution is 6.15. The molecule has 90 heavy (non-hydrogen) atoms. The van der Waals surface area contributed by atoms with Crippen LogP contribution in [0.15, 0.2) is 292 Å². The molecule has 0 aliphatic rings. The lowest BCUT2D eigenvalue weighted by Gasteiger charge is -2.13. The summed E-state index contributed by atoms with van der Waals surface area (Å²) in [6.07, 6.45) is 0. The third-order valence-corrected chi connectivity index (χ3v) is 18.5. The Kier molecular flexibility index (Phi) is 10.1.